The first-order valence-corrected chi connectivity index (χ1v) is 12.2. The number of sulfonamides is 1. The second kappa shape index (κ2) is 9.74. The molecule has 2 aromatic heterocycles. The highest BCUT2D eigenvalue weighted by Gasteiger charge is 2.14. The summed E-state index contributed by atoms with van der Waals surface area (Å²) in [6.45, 7) is 1.22. The molecule has 0 unspecified atom stereocenters. The third kappa shape index (κ3) is 5.41. The van der Waals surface area contributed by atoms with Gasteiger partial charge in [-0.05, 0) is 56.8 Å². The minimum atomic E-state index is -3.55. The molecule has 0 bridgehead atoms. The van der Waals surface area contributed by atoms with Gasteiger partial charge in [-0.15, -0.1) is 0 Å². The van der Waals surface area contributed by atoms with Crippen LogP contribution in [0, 0.1) is 0 Å². The Hall–Kier alpha value is -3.21. The zero-order valence-electron chi connectivity index (χ0n) is 19.0. The summed E-state index contributed by atoms with van der Waals surface area (Å²) < 4.78 is 29.5. The van der Waals surface area contributed by atoms with E-state index in [0.717, 1.165) is 46.8 Å². The lowest BCUT2D eigenvalue weighted by Crippen LogP contribution is -2.27. The van der Waals surface area contributed by atoms with E-state index < -0.39 is 10.0 Å². The van der Waals surface area contributed by atoms with Crippen LogP contribution < -0.4 is 15.5 Å². The zero-order valence-corrected chi connectivity index (χ0v) is 19.8. The molecule has 0 saturated heterocycles. The van der Waals surface area contributed by atoms with Crippen LogP contribution in [-0.4, -0.2) is 62.9 Å². The zero-order chi connectivity index (χ0) is 23.4. The molecule has 0 fully saturated rings. The van der Waals surface area contributed by atoms with Crippen molar-refractivity contribution in [3.63, 3.8) is 0 Å². The lowest BCUT2D eigenvalue weighted by atomic mass is 10.0. The molecule has 8 nitrogen and oxygen atoms in total. The molecule has 10 heteroatoms. The fourth-order valence-corrected chi connectivity index (χ4v) is 4.54. The maximum absolute atomic E-state index is 12.6. The van der Waals surface area contributed by atoms with Crippen molar-refractivity contribution >= 4 is 40.5 Å². The molecular formula is C23H27BN6O2S. The summed E-state index contributed by atoms with van der Waals surface area (Å²) in [5.41, 5.74) is 4.32. The number of rotatable bonds is 9. The number of hydrogen-bond donors (Lipinski definition) is 2. The molecular weight excluding hydrogens is 435 g/mol. The van der Waals surface area contributed by atoms with Gasteiger partial charge >= 0.3 is 0 Å². The smallest absolute Gasteiger partial charge is 0.240 e. The summed E-state index contributed by atoms with van der Waals surface area (Å²) in [7, 11) is 2.35. The number of benzene rings is 2. The van der Waals surface area contributed by atoms with Crippen molar-refractivity contribution in [1.82, 2.24) is 24.2 Å². The average molecular weight is 462 g/mol. The Morgan fingerprint density at radius 1 is 1.06 bits per heavy atom. The van der Waals surface area contributed by atoms with Crippen LogP contribution in [0.4, 0.5) is 11.5 Å². The van der Waals surface area contributed by atoms with E-state index in [-0.39, 0.29) is 4.90 Å². The van der Waals surface area contributed by atoms with Gasteiger partial charge in [0, 0.05) is 30.1 Å². The van der Waals surface area contributed by atoms with E-state index in [2.05, 4.69) is 15.1 Å². The minimum Gasteiger partial charge on any atom is -0.340 e. The standard InChI is InChI=1S/C23H27BN6O2S/c1-29(2)14-6-13-26-33(31,32)19-11-9-18(10-12-19)27-22-15-21(17-7-4-3-5-8-17)28-23-20(24)16-25-30(22)23/h3-5,7-12,15-16,26-27H,6,13-14,24H2,1-2H3. The van der Waals surface area contributed by atoms with E-state index in [9.17, 15) is 8.42 Å². The second-order valence-electron chi connectivity index (χ2n) is 8.16. The van der Waals surface area contributed by atoms with E-state index in [1.54, 1.807) is 35.0 Å². The van der Waals surface area contributed by atoms with Crippen molar-refractivity contribution in [2.45, 2.75) is 11.3 Å². The fraction of sp³-hybridized carbons (Fsp3) is 0.217. The molecule has 4 rings (SSSR count). The van der Waals surface area contributed by atoms with Gasteiger partial charge in [0.15, 0.2) is 5.65 Å². The molecule has 0 atom stereocenters. The first-order chi connectivity index (χ1) is 15.8. The van der Waals surface area contributed by atoms with Crippen molar-refractivity contribution in [3.8, 4) is 11.3 Å². The molecule has 170 valence electrons. The Bertz CT molecular complexity index is 1340. The maximum Gasteiger partial charge on any atom is 0.240 e. The summed E-state index contributed by atoms with van der Waals surface area (Å²) in [6.07, 6.45) is 2.52. The number of nitrogens with one attached hydrogen (secondary N) is 2. The number of hydrogen-bond acceptors (Lipinski definition) is 6. The quantitative estimate of drug-likeness (QED) is 0.290. The van der Waals surface area contributed by atoms with Crippen LogP contribution in [0.15, 0.2) is 71.8 Å². The summed E-state index contributed by atoms with van der Waals surface area (Å²) in [5.74, 6) is 0.740. The molecule has 0 aliphatic rings. The van der Waals surface area contributed by atoms with E-state index in [4.69, 9.17) is 4.98 Å². The highest BCUT2D eigenvalue weighted by atomic mass is 32.2. The fourth-order valence-electron chi connectivity index (χ4n) is 3.47. The van der Waals surface area contributed by atoms with Crippen molar-refractivity contribution in [3.05, 3.63) is 66.9 Å². The molecule has 2 N–H and O–H groups in total. The van der Waals surface area contributed by atoms with Crippen molar-refractivity contribution in [2.75, 3.05) is 32.5 Å². The van der Waals surface area contributed by atoms with Gasteiger partial charge in [0.1, 0.15) is 13.7 Å². The Balaban J connectivity index is 1.56. The van der Waals surface area contributed by atoms with E-state index in [1.165, 1.54) is 0 Å². The molecule has 33 heavy (non-hydrogen) atoms. The molecule has 2 aromatic carbocycles. The normalized spacial score (nSPS) is 11.8. The molecule has 0 amide bonds. The van der Waals surface area contributed by atoms with Gasteiger partial charge in [-0.2, -0.15) is 9.61 Å². The van der Waals surface area contributed by atoms with Crippen LogP contribution in [0.1, 0.15) is 6.42 Å². The van der Waals surface area contributed by atoms with Gasteiger partial charge in [0.05, 0.1) is 10.6 Å². The van der Waals surface area contributed by atoms with Crippen molar-refractivity contribution in [1.29, 1.82) is 0 Å². The summed E-state index contributed by atoms with van der Waals surface area (Å²) in [5, 5.41) is 7.80. The van der Waals surface area contributed by atoms with E-state index in [1.807, 2.05) is 63.2 Å². The molecule has 0 spiro atoms. The van der Waals surface area contributed by atoms with Gasteiger partial charge in [-0.1, -0.05) is 30.3 Å². The van der Waals surface area contributed by atoms with Crippen LogP contribution in [0.3, 0.4) is 0 Å². The van der Waals surface area contributed by atoms with Gasteiger partial charge in [-0.3, -0.25) is 0 Å². The van der Waals surface area contributed by atoms with Crippen molar-refractivity contribution in [2.24, 2.45) is 0 Å². The third-order valence-corrected chi connectivity index (χ3v) is 6.71. The molecule has 2 heterocycles. The number of nitrogens with zero attached hydrogens (tertiary/aromatic N) is 4. The Morgan fingerprint density at radius 3 is 2.48 bits per heavy atom. The van der Waals surface area contributed by atoms with Crippen LogP contribution in [0.25, 0.3) is 16.9 Å². The summed E-state index contributed by atoms with van der Waals surface area (Å²) in [4.78, 5) is 7.03. The second-order valence-corrected chi connectivity index (χ2v) is 9.93. The lowest BCUT2D eigenvalue weighted by Gasteiger charge is -2.13. The lowest BCUT2D eigenvalue weighted by molar-refractivity contribution is 0.400. The van der Waals surface area contributed by atoms with E-state index >= 15 is 0 Å². The van der Waals surface area contributed by atoms with Crippen LogP contribution in [0.2, 0.25) is 0 Å². The molecule has 0 radical (unpaired) electrons. The first-order valence-electron chi connectivity index (χ1n) is 10.8. The number of anilines is 2. The Morgan fingerprint density at radius 2 is 1.79 bits per heavy atom. The van der Waals surface area contributed by atoms with Gasteiger partial charge in [0.2, 0.25) is 10.0 Å². The topological polar surface area (TPSA) is 91.6 Å². The third-order valence-electron chi connectivity index (χ3n) is 5.23. The van der Waals surface area contributed by atoms with Gasteiger partial charge < -0.3 is 10.2 Å². The van der Waals surface area contributed by atoms with Gasteiger partial charge in [-0.25, -0.2) is 18.1 Å². The largest absolute Gasteiger partial charge is 0.340 e. The van der Waals surface area contributed by atoms with Crippen molar-refractivity contribution < 1.29 is 8.42 Å². The Labute approximate surface area is 195 Å². The molecule has 4 aromatic rings. The van der Waals surface area contributed by atoms with Gasteiger partial charge in [0.25, 0.3) is 0 Å². The van der Waals surface area contributed by atoms with Crippen LogP contribution >= 0.6 is 0 Å². The van der Waals surface area contributed by atoms with Crippen LogP contribution in [-0.2, 0) is 10.0 Å². The summed E-state index contributed by atoms with van der Waals surface area (Å²) >= 11 is 0. The highest BCUT2D eigenvalue weighted by Crippen LogP contribution is 2.24. The minimum absolute atomic E-state index is 0.234. The molecule has 0 saturated carbocycles. The van der Waals surface area contributed by atoms with E-state index in [0.29, 0.717) is 6.54 Å². The van der Waals surface area contributed by atoms with Crippen LogP contribution in [0.5, 0.6) is 0 Å². The highest BCUT2D eigenvalue weighted by molar-refractivity contribution is 7.89. The molecule has 0 aliphatic heterocycles. The monoisotopic (exact) mass is 462 g/mol. The Kier molecular flexibility index (Phi) is 6.78. The predicted molar refractivity (Wildman–Crippen MR) is 135 cm³/mol. The SMILES string of the molecule is Bc1cnn2c(Nc3ccc(S(=O)(=O)NCCCN(C)C)cc3)cc(-c3ccccc3)nc12. The number of aromatic nitrogens is 3. The average Bonchev–Trinajstić information content (AvgIpc) is 3.18. The molecule has 0 aliphatic carbocycles. The summed E-state index contributed by atoms with van der Waals surface area (Å²) in [6, 6.07) is 18.6. The predicted octanol–water partition coefficient (Wildman–Crippen LogP) is 1.63. The maximum atomic E-state index is 12.6. The number of fused-ring (bicyclic) bond motifs is 1. The first kappa shape index (κ1) is 23.0.